The van der Waals surface area contributed by atoms with Crippen molar-refractivity contribution in [2.75, 3.05) is 26.2 Å². The van der Waals surface area contributed by atoms with Gasteiger partial charge in [-0.3, -0.25) is 9.69 Å². The van der Waals surface area contributed by atoms with E-state index in [-0.39, 0.29) is 5.82 Å². The van der Waals surface area contributed by atoms with Crippen molar-refractivity contribution in [3.8, 4) is 5.69 Å². The number of rotatable bonds is 5. The Labute approximate surface area is 158 Å². The summed E-state index contributed by atoms with van der Waals surface area (Å²) in [7, 11) is 0. The van der Waals surface area contributed by atoms with Crippen LogP contribution in [0.5, 0.6) is 0 Å². The Kier molecular flexibility index (Phi) is 5.42. The highest BCUT2D eigenvalue weighted by molar-refractivity contribution is 5.76. The molecule has 1 aromatic heterocycles. The first kappa shape index (κ1) is 18.0. The average molecular weight is 372 g/mol. The number of hydrogen-bond donors (Lipinski definition) is 0. The third-order valence-electron chi connectivity index (χ3n) is 5.61. The molecule has 0 bridgehead atoms. The molecule has 27 heavy (non-hydrogen) atoms. The summed E-state index contributed by atoms with van der Waals surface area (Å²) >= 11 is 0. The van der Waals surface area contributed by atoms with E-state index in [0.29, 0.717) is 36.3 Å². The molecule has 1 saturated heterocycles. The number of carbonyl (C=O) groups excluding carboxylic acids is 1. The van der Waals surface area contributed by atoms with Crippen LogP contribution in [0, 0.1) is 11.7 Å². The molecule has 2 heterocycles. The highest BCUT2D eigenvalue weighted by Crippen LogP contribution is 2.28. The normalized spacial score (nSPS) is 18.9. The van der Waals surface area contributed by atoms with Gasteiger partial charge in [0.1, 0.15) is 5.82 Å². The number of benzene rings is 1. The highest BCUT2D eigenvalue weighted by Gasteiger charge is 2.26. The summed E-state index contributed by atoms with van der Waals surface area (Å²) in [5.41, 5.74) is 0.611. The molecule has 0 N–H and O–H groups in total. The summed E-state index contributed by atoms with van der Waals surface area (Å²) in [4.78, 5) is 16.7. The van der Waals surface area contributed by atoms with Gasteiger partial charge in [-0.05, 0) is 47.4 Å². The maximum Gasteiger partial charge on any atom is 0.222 e. The van der Waals surface area contributed by atoms with Gasteiger partial charge in [0.15, 0.2) is 5.82 Å². The molecule has 144 valence electrons. The first-order chi connectivity index (χ1) is 13.2. The number of piperazine rings is 1. The van der Waals surface area contributed by atoms with E-state index in [1.807, 2.05) is 4.90 Å². The van der Waals surface area contributed by atoms with Crippen LogP contribution < -0.4 is 0 Å². The number of carbonyl (C=O) groups is 1. The third-order valence-corrected chi connectivity index (χ3v) is 5.61. The van der Waals surface area contributed by atoms with E-state index in [2.05, 4.69) is 20.4 Å². The Morgan fingerprint density at radius 1 is 1.15 bits per heavy atom. The third kappa shape index (κ3) is 4.32. The molecule has 0 unspecified atom stereocenters. The molecule has 0 spiro atoms. The van der Waals surface area contributed by atoms with Gasteiger partial charge in [0, 0.05) is 32.6 Å². The van der Waals surface area contributed by atoms with E-state index in [4.69, 9.17) is 0 Å². The van der Waals surface area contributed by atoms with Crippen LogP contribution in [0.1, 0.15) is 37.9 Å². The monoisotopic (exact) mass is 372 g/mol. The SMILES string of the molecule is O=C(CC1CCCC1)N1CCN(Cc2nnnn2-c2cccc(F)c2)CC1. The molecule has 7 nitrogen and oxygen atoms in total. The van der Waals surface area contributed by atoms with Gasteiger partial charge >= 0.3 is 0 Å². The van der Waals surface area contributed by atoms with Crippen molar-refractivity contribution in [3.63, 3.8) is 0 Å². The molecule has 0 radical (unpaired) electrons. The number of amides is 1. The second kappa shape index (κ2) is 8.12. The fourth-order valence-corrected chi connectivity index (χ4v) is 4.06. The zero-order chi connectivity index (χ0) is 18.6. The number of tetrazole rings is 1. The van der Waals surface area contributed by atoms with Crippen LogP contribution in [0.15, 0.2) is 24.3 Å². The summed E-state index contributed by atoms with van der Waals surface area (Å²) in [6.45, 7) is 3.66. The molecular weight excluding hydrogens is 347 g/mol. The maximum atomic E-state index is 13.5. The molecule has 8 heteroatoms. The van der Waals surface area contributed by atoms with Crippen LogP contribution in [0.2, 0.25) is 0 Å². The Morgan fingerprint density at radius 2 is 1.93 bits per heavy atom. The van der Waals surface area contributed by atoms with Crippen LogP contribution in [0.4, 0.5) is 4.39 Å². The van der Waals surface area contributed by atoms with Crippen LogP contribution in [0.3, 0.4) is 0 Å². The predicted molar refractivity (Wildman–Crippen MR) is 97.5 cm³/mol. The van der Waals surface area contributed by atoms with Crippen molar-refractivity contribution in [3.05, 3.63) is 35.9 Å². The molecule has 1 aliphatic carbocycles. The van der Waals surface area contributed by atoms with Crippen molar-refractivity contribution in [2.45, 2.75) is 38.6 Å². The molecular formula is C19H25FN6O. The van der Waals surface area contributed by atoms with Gasteiger partial charge in [0.25, 0.3) is 0 Å². The van der Waals surface area contributed by atoms with Crippen molar-refractivity contribution >= 4 is 5.91 Å². The lowest BCUT2D eigenvalue weighted by molar-refractivity contribution is -0.134. The average Bonchev–Trinajstić information content (AvgIpc) is 3.34. The van der Waals surface area contributed by atoms with Gasteiger partial charge in [0.2, 0.25) is 5.91 Å². The summed E-state index contributed by atoms with van der Waals surface area (Å²) < 4.78 is 15.1. The summed E-state index contributed by atoms with van der Waals surface area (Å²) in [6.07, 6.45) is 5.65. The first-order valence-electron chi connectivity index (χ1n) is 9.72. The molecule has 0 atom stereocenters. The number of aromatic nitrogens is 4. The van der Waals surface area contributed by atoms with Gasteiger partial charge in [-0.1, -0.05) is 18.9 Å². The van der Waals surface area contributed by atoms with E-state index < -0.39 is 0 Å². The second-order valence-corrected chi connectivity index (χ2v) is 7.50. The van der Waals surface area contributed by atoms with Crippen molar-refractivity contribution in [1.29, 1.82) is 0 Å². The zero-order valence-electron chi connectivity index (χ0n) is 15.4. The van der Waals surface area contributed by atoms with E-state index in [1.165, 1.54) is 37.8 Å². The van der Waals surface area contributed by atoms with Crippen LogP contribution in [-0.4, -0.2) is 62.1 Å². The topological polar surface area (TPSA) is 67.2 Å². The lowest BCUT2D eigenvalue weighted by Crippen LogP contribution is -2.48. The molecule has 4 rings (SSSR count). The molecule has 2 aliphatic rings. The van der Waals surface area contributed by atoms with E-state index in [0.717, 1.165) is 26.2 Å². The van der Waals surface area contributed by atoms with E-state index in [1.54, 1.807) is 16.8 Å². The first-order valence-corrected chi connectivity index (χ1v) is 9.72. The van der Waals surface area contributed by atoms with Gasteiger partial charge < -0.3 is 4.90 Å². The Morgan fingerprint density at radius 3 is 2.67 bits per heavy atom. The van der Waals surface area contributed by atoms with Crippen molar-refractivity contribution in [1.82, 2.24) is 30.0 Å². The lowest BCUT2D eigenvalue weighted by Gasteiger charge is -2.34. The molecule has 1 saturated carbocycles. The second-order valence-electron chi connectivity index (χ2n) is 7.50. The minimum Gasteiger partial charge on any atom is -0.340 e. The van der Waals surface area contributed by atoms with E-state index in [9.17, 15) is 9.18 Å². The van der Waals surface area contributed by atoms with Crippen LogP contribution in [0.25, 0.3) is 5.69 Å². The largest absolute Gasteiger partial charge is 0.340 e. The predicted octanol–water partition coefficient (Wildman–Crippen LogP) is 2.03. The summed E-state index contributed by atoms with van der Waals surface area (Å²) in [6, 6.07) is 6.24. The van der Waals surface area contributed by atoms with Gasteiger partial charge in [-0.2, -0.15) is 4.68 Å². The van der Waals surface area contributed by atoms with Gasteiger partial charge in [-0.15, -0.1) is 5.10 Å². The quantitative estimate of drug-likeness (QED) is 0.803. The minimum absolute atomic E-state index is 0.297. The van der Waals surface area contributed by atoms with Crippen molar-refractivity contribution in [2.24, 2.45) is 5.92 Å². The van der Waals surface area contributed by atoms with Crippen molar-refractivity contribution < 1.29 is 9.18 Å². The van der Waals surface area contributed by atoms with Crippen LogP contribution >= 0.6 is 0 Å². The maximum absolute atomic E-state index is 13.5. The summed E-state index contributed by atoms with van der Waals surface area (Å²) in [5, 5.41) is 11.8. The molecule has 1 aromatic carbocycles. The fourth-order valence-electron chi connectivity index (χ4n) is 4.06. The molecule has 1 amide bonds. The van der Waals surface area contributed by atoms with Gasteiger partial charge in [0.05, 0.1) is 12.2 Å². The highest BCUT2D eigenvalue weighted by atomic mass is 19.1. The Hall–Kier alpha value is -2.35. The van der Waals surface area contributed by atoms with Crippen LogP contribution in [-0.2, 0) is 11.3 Å². The fraction of sp³-hybridized carbons (Fsp3) is 0.579. The standard InChI is InChI=1S/C19H25FN6O/c20-16-6-3-7-17(13-16)26-18(21-22-23-26)14-24-8-10-25(11-9-24)19(27)12-15-4-1-2-5-15/h3,6-7,13,15H,1-2,4-5,8-12,14H2. The molecule has 2 fully saturated rings. The zero-order valence-corrected chi connectivity index (χ0v) is 15.4. The number of hydrogen-bond acceptors (Lipinski definition) is 5. The molecule has 2 aromatic rings. The minimum atomic E-state index is -0.316. The smallest absolute Gasteiger partial charge is 0.222 e. The lowest BCUT2D eigenvalue weighted by atomic mass is 10.0. The summed E-state index contributed by atoms with van der Waals surface area (Å²) in [5.74, 6) is 1.24. The number of nitrogens with zero attached hydrogens (tertiary/aromatic N) is 6. The Balaban J connectivity index is 1.32. The van der Waals surface area contributed by atoms with Gasteiger partial charge in [-0.25, -0.2) is 4.39 Å². The van der Waals surface area contributed by atoms with E-state index >= 15 is 0 Å². The molecule has 1 aliphatic heterocycles. The Bertz CT molecular complexity index is 780. The number of halogens is 1.